The number of hydrogen-bond donors (Lipinski definition) is 0. The highest BCUT2D eigenvalue weighted by Crippen LogP contribution is 2.20. The van der Waals surface area contributed by atoms with Crippen molar-refractivity contribution in [3.63, 3.8) is 0 Å². The summed E-state index contributed by atoms with van der Waals surface area (Å²) in [5.74, 6) is -1.62. The molecule has 4 aromatic carbocycles. The van der Waals surface area contributed by atoms with Crippen molar-refractivity contribution in [2.75, 3.05) is 0 Å². The molecule has 0 atom stereocenters. The van der Waals surface area contributed by atoms with E-state index in [-0.39, 0.29) is 11.1 Å². The molecular formula is C26H18N4O4. The highest BCUT2D eigenvalue weighted by atomic mass is 17.2. The minimum absolute atomic E-state index is 0.197. The summed E-state index contributed by atoms with van der Waals surface area (Å²) in [4.78, 5) is 33.7. The molecule has 4 rings (SSSR count). The van der Waals surface area contributed by atoms with Gasteiger partial charge in [0.2, 0.25) is 0 Å². The maximum Gasteiger partial charge on any atom is 0.386 e. The third-order valence-corrected chi connectivity index (χ3v) is 4.47. The Kier molecular flexibility index (Phi) is 7.22. The van der Waals surface area contributed by atoms with E-state index in [4.69, 9.17) is 0 Å². The van der Waals surface area contributed by atoms with Crippen molar-refractivity contribution in [3.05, 3.63) is 120 Å². The smallest absolute Gasteiger partial charge is 0.242 e. The predicted octanol–water partition coefficient (Wildman–Crippen LogP) is 7.45. The number of benzene rings is 4. The summed E-state index contributed by atoms with van der Waals surface area (Å²) in [6.45, 7) is 0. The first-order valence-corrected chi connectivity index (χ1v) is 10.2. The van der Waals surface area contributed by atoms with Gasteiger partial charge >= 0.3 is 11.9 Å². The lowest BCUT2D eigenvalue weighted by atomic mass is 10.2. The van der Waals surface area contributed by atoms with Crippen LogP contribution in [0.1, 0.15) is 20.7 Å². The molecule has 0 saturated carbocycles. The zero-order valence-electron chi connectivity index (χ0n) is 17.8. The maximum absolute atomic E-state index is 12.2. The Morgan fingerprint density at radius 3 is 1.03 bits per heavy atom. The van der Waals surface area contributed by atoms with Crippen molar-refractivity contribution < 1.29 is 19.4 Å². The molecule has 0 aromatic heterocycles. The fourth-order valence-electron chi connectivity index (χ4n) is 2.72. The molecule has 34 heavy (non-hydrogen) atoms. The molecule has 0 fully saturated rings. The second-order valence-corrected chi connectivity index (χ2v) is 6.91. The average Bonchev–Trinajstić information content (AvgIpc) is 2.91. The van der Waals surface area contributed by atoms with Crippen molar-refractivity contribution in [1.82, 2.24) is 0 Å². The Morgan fingerprint density at radius 2 is 0.706 bits per heavy atom. The minimum atomic E-state index is -0.812. The highest BCUT2D eigenvalue weighted by Gasteiger charge is 2.14. The van der Waals surface area contributed by atoms with Crippen molar-refractivity contribution >= 4 is 34.7 Å². The third-order valence-electron chi connectivity index (χ3n) is 4.47. The monoisotopic (exact) mass is 450 g/mol. The van der Waals surface area contributed by atoms with Gasteiger partial charge in [-0.3, -0.25) is 0 Å². The quantitative estimate of drug-likeness (QED) is 0.173. The number of hydrogen-bond acceptors (Lipinski definition) is 8. The van der Waals surface area contributed by atoms with E-state index in [9.17, 15) is 9.59 Å². The molecule has 0 N–H and O–H groups in total. The zero-order valence-corrected chi connectivity index (χ0v) is 17.8. The first-order valence-electron chi connectivity index (χ1n) is 10.2. The molecule has 0 radical (unpaired) electrons. The zero-order chi connectivity index (χ0) is 23.6. The fourth-order valence-corrected chi connectivity index (χ4v) is 2.72. The molecule has 0 amide bonds. The van der Waals surface area contributed by atoms with Crippen LogP contribution >= 0.6 is 0 Å². The van der Waals surface area contributed by atoms with Crippen molar-refractivity contribution in [3.8, 4) is 0 Å². The molecular weight excluding hydrogens is 432 g/mol. The molecule has 4 aromatic rings. The van der Waals surface area contributed by atoms with Crippen LogP contribution in [-0.2, 0) is 9.78 Å². The van der Waals surface area contributed by atoms with Crippen molar-refractivity contribution in [2.24, 2.45) is 20.5 Å². The Bertz CT molecular complexity index is 1200. The van der Waals surface area contributed by atoms with E-state index in [2.05, 4.69) is 30.2 Å². The molecule has 0 aliphatic heterocycles. The summed E-state index contributed by atoms with van der Waals surface area (Å²) in [6.07, 6.45) is 0. The van der Waals surface area contributed by atoms with Crippen LogP contribution in [0.4, 0.5) is 22.7 Å². The Hall–Kier alpha value is -4.98. The second kappa shape index (κ2) is 11.1. The molecule has 0 spiro atoms. The molecule has 0 bridgehead atoms. The molecule has 8 nitrogen and oxygen atoms in total. The lowest BCUT2D eigenvalue weighted by Gasteiger charge is -2.04. The van der Waals surface area contributed by atoms with Crippen LogP contribution < -0.4 is 0 Å². The summed E-state index contributed by atoms with van der Waals surface area (Å²) in [5.41, 5.74) is 2.94. The standard InChI is InChI=1S/C26H18N4O4/c31-25(19-11-15-23(16-12-19)29-27-21-7-3-1-4-8-21)33-34-26(32)20-13-17-24(18-14-20)30-28-22-9-5-2-6-10-22/h1-18H/b29-27+,30-28+. The predicted molar refractivity (Wildman–Crippen MR) is 125 cm³/mol. The van der Waals surface area contributed by atoms with Crippen LogP contribution in [-0.4, -0.2) is 11.9 Å². The fraction of sp³-hybridized carbons (Fsp3) is 0. The number of carbonyl (C=O) groups excluding carboxylic acids is 2. The first kappa shape index (κ1) is 22.2. The Labute approximate surface area is 195 Å². The number of rotatable bonds is 6. The SMILES string of the molecule is O=C(OOC(=O)c1ccc(/N=N/c2ccccc2)cc1)c1ccc(/N=N/c2ccccc2)cc1. The molecule has 0 saturated heterocycles. The van der Waals surface area contributed by atoms with Gasteiger partial charge in [-0.05, 0) is 72.8 Å². The highest BCUT2D eigenvalue weighted by molar-refractivity contribution is 5.92. The summed E-state index contributed by atoms with van der Waals surface area (Å²) < 4.78 is 0. The van der Waals surface area contributed by atoms with Crippen LogP contribution in [0, 0.1) is 0 Å². The normalized spacial score (nSPS) is 10.9. The average molecular weight is 450 g/mol. The third kappa shape index (κ3) is 6.27. The largest absolute Gasteiger partial charge is 0.386 e. The van der Waals surface area contributed by atoms with Gasteiger partial charge in [-0.25, -0.2) is 19.4 Å². The molecule has 166 valence electrons. The first-order chi connectivity index (χ1) is 16.7. The van der Waals surface area contributed by atoms with Gasteiger partial charge in [0.05, 0.1) is 33.9 Å². The van der Waals surface area contributed by atoms with Crippen molar-refractivity contribution in [2.45, 2.75) is 0 Å². The van der Waals surface area contributed by atoms with Crippen molar-refractivity contribution in [1.29, 1.82) is 0 Å². The Balaban J connectivity index is 1.29. The molecule has 8 heteroatoms. The topological polar surface area (TPSA) is 102 Å². The van der Waals surface area contributed by atoms with Gasteiger partial charge in [0.25, 0.3) is 0 Å². The van der Waals surface area contributed by atoms with E-state index < -0.39 is 11.9 Å². The van der Waals surface area contributed by atoms with Gasteiger partial charge in [0.15, 0.2) is 0 Å². The van der Waals surface area contributed by atoms with Gasteiger partial charge < -0.3 is 0 Å². The van der Waals surface area contributed by atoms with Gasteiger partial charge in [-0.15, -0.1) is 0 Å². The van der Waals surface area contributed by atoms with Gasteiger partial charge in [0, 0.05) is 0 Å². The van der Waals surface area contributed by atoms with E-state index in [1.807, 2.05) is 60.7 Å². The molecule has 0 aliphatic carbocycles. The number of carbonyl (C=O) groups is 2. The summed E-state index contributed by atoms with van der Waals surface area (Å²) in [5, 5.41) is 16.4. The summed E-state index contributed by atoms with van der Waals surface area (Å²) in [6, 6.07) is 31.0. The van der Waals surface area contributed by atoms with Gasteiger partial charge in [-0.1, -0.05) is 36.4 Å². The molecule has 0 heterocycles. The van der Waals surface area contributed by atoms with E-state index in [1.54, 1.807) is 24.3 Å². The van der Waals surface area contributed by atoms with Crippen LogP contribution in [0.5, 0.6) is 0 Å². The van der Waals surface area contributed by atoms with Crippen LogP contribution in [0.2, 0.25) is 0 Å². The number of nitrogens with zero attached hydrogens (tertiary/aromatic N) is 4. The number of azo groups is 2. The van der Waals surface area contributed by atoms with Gasteiger partial charge in [0.1, 0.15) is 0 Å². The maximum atomic E-state index is 12.2. The lowest BCUT2D eigenvalue weighted by molar-refractivity contribution is -0.187. The summed E-state index contributed by atoms with van der Waals surface area (Å²) >= 11 is 0. The van der Waals surface area contributed by atoms with E-state index >= 15 is 0 Å². The molecule has 0 aliphatic rings. The lowest BCUT2D eigenvalue weighted by Crippen LogP contribution is -2.11. The van der Waals surface area contributed by atoms with Crippen LogP contribution in [0.25, 0.3) is 0 Å². The van der Waals surface area contributed by atoms with E-state index in [0.29, 0.717) is 22.7 Å². The van der Waals surface area contributed by atoms with Crippen LogP contribution in [0.15, 0.2) is 130 Å². The van der Waals surface area contributed by atoms with E-state index in [1.165, 1.54) is 24.3 Å². The molecule has 0 unspecified atom stereocenters. The van der Waals surface area contributed by atoms with Gasteiger partial charge in [-0.2, -0.15) is 20.5 Å². The second-order valence-electron chi connectivity index (χ2n) is 6.91. The summed E-state index contributed by atoms with van der Waals surface area (Å²) in [7, 11) is 0. The van der Waals surface area contributed by atoms with E-state index in [0.717, 1.165) is 0 Å². The minimum Gasteiger partial charge on any atom is -0.242 e. The van der Waals surface area contributed by atoms with Crippen LogP contribution in [0.3, 0.4) is 0 Å². The Morgan fingerprint density at radius 1 is 0.412 bits per heavy atom.